The standard InChI is InChI=1S/C28H28FN5O/c1-2-27(35)34-17-9-5-3-4-8-16-33-19-22(21-10-6-7-11-26(21)33)24-14-15-30-28(31-24)32-25-18-20(34)12-13-23(25)29/h2,6-7,10-15,18-19H,1,3-5,8-9,16-17H2,(H,30,31,32). The van der Waals surface area contributed by atoms with Crippen LogP contribution in [0.4, 0.5) is 21.7 Å². The Kier molecular flexibility index (Phi) is 6.57. The van der Waals surface area contributed by atoms with E-state index >= 15 is 0 Å². The Labute approximate surface area is 204 Å². The third-order valence-corrected chi connectivity index (χ3v) is 6.45. The van der Waals surface area contributed by atoms with Crippen LogP contribution < -0.4 is 10.2 Å². The molecule has 0 spiro atoms. The SMILES string of the molecule is C=CC(=O)N1CCCCCCCn2cc(c3ccccc32)-c2ccnc(n2)Nc2cc1ccc2F. The highest BCUT2D eigenvalue weighted by atomic mass is 19.1. The van der Waals surface area contributed by atoms with E-state index in [-0.39, 0.29) is 17.5 Å². The van der Waals surface area contributed by atoms with Crippen molar-refractivity contribution >= 4 is 34.1 Å². The Balaban J connectivity index is 1.57. The van der Waals surface area contributed by atoms with Crippen molar-refractivity contribution in [2.75, 3.05) is 16.8 Å². The van der Waals surface area contributed by atoms with Crippen LogP contribution in [0.1, 0.15) is 32.1 Å². The fourth-order valence-electron chi connectivity index (χ4n) is 4.66. The molecule has 0 unspecified atom stereocenters. The third kappa shape index (κ3) is 4.80. The van der Waals surface area contributed by atoms with Crippen molar-refractivity contribution in [2.45, 2.75) is 38.6 Å². The van der Waals surface area contributed by atoms with Crippen LogP contribution >= 0.6 is 0 Å². The molecule has 7 heteroatoms. The quantitative estimate of drug-likeness (QED) is 0.325. The zero-order valence-corrected chi connectivity index (χ0v) is 19.6. The first kappa shape index (κ1) is 22.8. The molecule has 5 rings (SSSR count). The average Bonchev–Trinajstić information content (AvgIpc) is 3.25. The number of carbonyl (C=O) groups is 1. The fourth-order valence-corrected chi connectivity index (χ4v) is 4.66. The number of fused-ring (bicyclic) bond motifs is 10. The van der Waals surface area contributed by atoms with E-state index in [0.29, 0.717) is 12.2 Å². The van der Waals surface area contributed by atoms with Gasteiger partial charge in [-0.2, -0.15) is 0 Å². The number of hydrogen-bond acceptors (Lipinski definition) is 4. The van der Waals surface area contributed by atoms with Crippen LogP contribution in [-0.4, -0.2) is 27.0 Å². The number of nitrogens with one attached hydrogen (secondary N) is 1. The summed E-state index contributed by atoms with van der Waals surface area (Å²) in [4.78, 5) is 23.2. The molecular formula is C28H28FN5O. The number of hydrogen-bond donors (Lipinski definition) is 1. The van der Waals surface area contributed by atoms with E-state index in [1.165, 1.54) is 17.7 Å². The number of nitrogens with zero attached hydrogens (tertiary/aromatic N) is 4. The fraction of sp³-hybridized carbons (Fsp3) is 0.250. The van der Waals surface area contributed by atoms with Gasteiger partial charge in [0.2, 0.25) is 11.9 Å². The van der Waals surface area contributed by atoms with Gasteiger partial charge in [-0.3, -0.25) is 4.79 Å². The number of halogens is 1. The van der Waals surface area contributed by atoms with Crippen molar-refractivity contribution in [3.8, 4) is 11.3 Å². The van der Waals surface area contributed by atoms with Crippen molar-refractivity contribution < 1.29 is 9.18 Å². The number of anilines is 3. The Morgan fingerprint density at radius 2 is 1.83 bits per heavy atom. The molecule has 35 heavy (non-hydrogen) atoms. The minimum Gasteiger partial charge on any atom is -0.347 e. The molecule has 0 saturated heterocycles. The van der Waals surface area contributed by atoms with Crippen LogP contribution in [0.2, 0.25) is 0 Å². The first-order valence-electron chi connectivity index (χ1n) is 12.1. The number of benzene rings is 2. The van der Waals surface area contributed by atoms with E-state index in [2.05, 4.69) is 45.8 Å². The Morgan fingerprint density at radius 1 is 1.03 bits per heavy atom. The molecular weight excluding hydrogens is 441 g/mol. The highest BCUT2D eigenvalue weighted by molar-refractivity contribution is 6.01. The summed E-state index contributed by atoms with van der Waals surface area (Å²) in [6.07, 6.45) is 10.3. The molecule has 3 heterocycles. The summed E-state index contributed by atoms with van der Waals surface area (Å²) in [7, 11) is 0. The summed E-state index contributed by atoms with van der Waals surface area (Å²) in [5.74, 6) is -0.359. The molecule has 2 aromatic heterocycles. The van der Waals surface area contributed by atoms with Crippen molar-refractivity contribution in [3.05, 3.63) is 79.4 Å². The van der Waals surface area contributed by atoms with Crippen LogP contribution in [0.25, 0.3) is 22.2 Å². The Morgan fingerprint density at radius 3 is 2.69 bits per heavy atom. The van der Waals surface area contributed by atoms with Gasteiger partial charge in [0.15, 0.2) is 0 Å². The van der Waals surface area contributed by atoms with Gasteiger partial charge in [0.25, 0.3) is 0 Å². The molecule has 0 saturated carbocycles. The molecule has 4 aromatic rings. The van der Waals surface area contributed by atoms with Crippen LogP contribution in [-0.2, 0) is 11.3 Å². The van der Waals surface area contributed by atoms with E-state index in [0.717, 1.165) is 55.3 Å². The van der Waals surface area contributed by atoms with E-state index in [1.807, 2.05) is 12.1 Å². The largest absolute Gasteiger partial charge is 0.347 e. The highest BCUT2D eigenvalue weighted by Gasteiger charge is 2.17. The minimum absolute atomic E-state index is 0.204. The highest BCUT2D eigenvalue weighted by Crippen LogP contribution is 2.31. The number of aryl methyl sites for hydroxylation is 1. The molecule has 1 N–H and O–H groups in total. The third-order valence-electron chi connectivity index (χ3n) is 6.45. The predicted octanol–water partition coefficient (Wildman–Crippen LogP) is 6.46. The topological polar surface area (TPSA) is 63.1 Å². The van der Waals surface area contributed by atoms with Crippen LogP contribution in [0, 0.1) is 5.82 Å². The summed E-state index contributed by atoms with van der Waals surface area (Å²) in [6, 6.07) is 14.8. The maximum absolute atomic E-state index is 14.8. The Hall–Kier alpha value is -4.00. The molecule has 2 aromatic carbocycles. The van der Waals surface area contributed by atoms with Crippen molar-refractivity contribution in [2.24, 2.45) is 0 Å². The zero-order valence-electron chi connectivity index (χ0n) is 19.6. The van der Waals surface area contributed by atoms with Gasteiger partial charge in [-0.1, -0.05) is 44.0 Å². The normalized spacial score (nSPS) is 14.6. The zero-order chi connectivity index (χ0) is 24.2. The van der Waals surface area contributed by atoms with Gasteiger partial charge in [0.1, 0.15) is 5.82 Å². The van der Waals surface area contributed by atoms with Crippen molar-refractivity contribution in [1.82, 2.24) is 14.5 Å². The van der Waals surface area contributed by atoms with Gasteiger partial charge in [0.05, 0.1) is 11.4 Å². The molecule has 6 nitrogen and oxygen atoms in total. The van der Waals surface area contributed by atoms with E-state index in [9.17, 15) is 9.18 Å². The van der Waals surface area contributed by atoms with Gasteiger partial charge in [-0.15, -0.1) is 0 Å². The first-order valence-corrected chi connectivity index (χ1v) is 12.1. The molecule has 0 fully saturated rings. The summed E-state index contributed by atoms with van der Waals surface area (Å²) in [6.45, 7) is 5.11. The van der Waals surface area contributed by atoms with Crippen LogP contribution in [0.15, 0.2) is 73.6 Å². The first-order chi connectivity index (χ1) is 17.1. The number of para-hydroxylation sites is 1. The number of rotatable bonds is 1. The molecule has 1 aliphatic rings. The predicted molar refractivity (Wildman–Crippen MR) is 138 cm³/mol. The van der Waals surface area contributed by atoms with Crippen molar-refractivity contribution in [1.29, 1.82) is 0 Å². The second kappa shape index (κ2) is 10.1. The summed E-state index contributed by atoms with van der Waals surface area (Å²) in [5, 5.41) is 4.14. The summed E-state index contributed by atoms with van der Waals surface area (Å²) >= 11 is 0. The lowest BCUT2D eigenvalue weighted by Gasteiger charge is -2.22. The van der Waals surface area contributed by atoms with Gasteiger partial charge in [-0.25, -0.2) is 14.4 Å². The molecule has 178 valence electrons. The Bertz CT molecular complexity index is 1380. The van der Waals surface area contributed by atoms with Gasteiger partial charge in [0, 0.05) is 47.6 Å². The maximum atomic E-state index is 14.8. The minimum atomic E-state index is -0.445. The van der Waals surface area contributed by atoms with E-state index in [4.69, 9.17) is 4.98 Å². The lowest BCUT2D eigenvalue weighted by molar-refractivity contribution is -0.114. The number of carbonyl (C=O) groups excluding carboxylic acids is 1. The summed E-state index contributed by atoms with van der Waals surface area (Å²) in [5.41, 5.74) is 3.78. The van der Waals surface area contributed by atoms with Crippen LogP contribution in [0.3, 0.4) is 0 Å². The average molecular weight is 470 g/mol. The molecule has 1 aliphatic heterocycles. The van der Waals surface area contributed by atoms with Crippen LogP contribution in [0.5, 0.6) is 0 Å². The van der Waals surface area contributed by atoms with E-state index in [1.54, 1.807) is 23.2 Å². The van der Waals surface area contributed by atoms with Gasteiger partial charge in [-0.05, 0) is 49.2 Å². The van der Waals surface area contributed by atoms with Crippen molar-refractivity contribution in [3.63, 3.8) is 0 Å². The maximum Gasteiger partial charge on any atom is 0.250 e. The second-order valence-electron chi connectivity index (χ2n) is 8.77. The molecule has 0 atom stereocenters. The van der Waals surface area contributed by atoms with Gasteiger partial charge >= 0.3 is 0 Å². The number of amides is 1. The second-order valence-corrected chi connectivity index (χ2v) is 8.77. The lowest BCUT2D eigenvalue weighted by atomic mass is 10.1. The molecule has 0 radical (unpaired) electrons. The number of aromatic nitrogens is 3. The van der Waals surface area contributed by atoms with Gasteiger partial charge < -0.3 is 14.8 Å². The molecule has 6 bridgehead atoms. The monoisotopic (exact) mass is 469 g/mol. The lowest BCUT2D eigenvalue weighted by Crippen LogP contribution is -2.30. The van der Waals surface area contributed by atoms with E-state index < -0.39 is 5.82 Å². The smallest absolute Gasteiger partial charge is 0.250 e. The summed E-state index contributed by atoms with van der Waals surface area (Å²) < 4.78 is 17.0. The molecule has 1 amide bonds. The molecule has 0 aliphatic carbocycles.